The lowest BCUT2D eigenvalue weighted by Gasteiger charge is -1.89. The lowest BCUT2D eigenvalue weighted by molar-refractivity contribution is -0.427. The molecule has 6 heteroatoms. The van der Waals surface area contributed by atoms with E-state index in [9.17, 15) is 0 Å². The van der Waals surface area contributed by atoms with Gasteiger partial charge in [-0.1, -0.05) is 0 Å². The number of rotatable bonds is 3. The highest BCUT2D eigenvalue weighted by Crippen LogP contribution is 2.31. The molecule has 0 aliphatic carbocycles. The van der Waals surface area contributed by atoms with Gasteiger partial charge in [0.15, 0.2) is 12.4 Å². The fourth-order valence-electron chi connectivity index (χ4n) is 0.947. The van der Waals surface area contributed by atoms with Gasteiger partial charge in [-0.05, 0) is 12.1 Å². The van der Waals surface area contributed by atoms with E-state index in [1.807, 2.05) is 36.7 Å². The zero-order valence-electron chi connectivity index (χ0n) is 8.19. The molecule has 2 aromatic heterocycles. The van der Waals surface area contributed by atoms with E-state index >= 15 is 0 Å². The Balaban J connectivity index is 0.00000112. The monoisotopic (exact) mass is 292 g/mol. The van der Waals surface area contributed by atoms with E-state index in [4.69, 9.17) is 0 Å². The van der Waals surface area contributed by atoms with Crippen molar-refractivity contribution in [2.24, 2.45) is 0 Å². The largest absolute Gasteiger partial charge is 1.00 e. The van der Waals surface area contributed by atoms with Crippen molar-refractivity contribution in [3.8, 4) is 0 Å². The van der Waals surface area contributed by atoms with E-state index in [1.165, 1.54) is 0 Å². The van der Waals surface area contributed by atoms with Gasteiger partial charge in [0, 0.05) is 45.9 Å². The molecule has 0 spiro atoms. The molecule has 2 heterocycles. The minimum absolute atomic E-state index is 0. The van der Waals surface area contributed by atoms with Crippen LogP contribution in [0.15, 0.2) is 58.8 Å². The lowest BCUT2D eigenvalue weighted by Crippen LogP contribution is -3.00. The summed E-state index contributed by atoms with van der Waals surface area (Å²) in [6.45, 7) is 0. The molecule has 86 valence electrons. The number of pyridine rings is 2. The molecule has 2 nitrogen and oxygen atoms in total. The highest BCUT2D eigenvalue weighted by molar-refractivity contribution is 8.76. The molecule has 16 heavy (non-hydrogen) atoms. The predicted molar refractivity (Wildman–Crippen MR) is 57.7 cm³/mol. The number of aromatic amines is 2. The molecule has 0 aliphatic heterocycles. The van der Waals surface area contributed by atoms with Gasteiger partial charge in [0.05, 0.1) is 0 Å². The Kier molecular flexibility index (Phi) is 8.47. The smallest absolute Gasteiger partial charge is 0.249 e. The maximum atomic E-state index is 3.17. The Labute approximate surface area is 115 Å². The van der Waals surface area contributed by atoms with Crippen LogP contribution in [0.25, 0.3) is 0 Å². The number of H-pyrrole nitrogens is 2. The van der Waals surface area contributed by atoms with Crippen molar-refractivity contribution in [2.45, 2.75) is 10.1 Å². The second-order valence-corrected chi connectivity index (χ2v) is 4.83. The zero-order valence-corrected chi connectivity index (χ0v) is 11.3. The van der Waals surface area contributed by atoms with E-state index < -0.39 is 0 Å². The van der Waals surface area contributed by atoms with Crippen LogP contribution >= 0.6 is 21.6 Å². The van der Waals surface area contributed by atoms with Crippen molar-refractivity contribution in [3.05, 3.63) is 48.8 Å². The first kappa shape index (κ1) is 15.6. The standard InChI is InChI=1S/C10H8N2S2.2ClH/c1-3-7-11-9(5-1)13-14-10-6-2-4-8-12-10;;/h1-8H;2*1H. The van der Waals surface area contributed by atoms with Crippen molar-refractivity contribution in [3.63, 3.8) is 0 Å². The number of hydrogen-bond acceptors (Lipinski definition) is 2. The molecule has 0 radical (unpaired) electrons. The molecule has 0 amide bonds. The number of aromatic nitrogens is 2. The number of halogens is 2. The van der Waals surface area contributed by atoms with Crippen LogP contribution in [0.5, 0.6) is 0 Å². The highest BCUT2D eigenvalue weighted by atomic mass is 35.5. The molecule has 2 rings (SSSR count). The Morgan fingerprint density at radius 3 is 1.44 bits per heavy atom. The normalized spacial score (nSPS) is 8.75. The summed E-state index contributed by atoms with van der Waals surface area (Å²) in [5.41, 5.74) is 0. The van der Waals surface area contributed by atoms with Crippen LogP contribution in [0.4, 0.5) is 0 Å². The maximum absolute atomic E-state index is 3.17. The zero-order chi connectivity index (χ0) is 9.64. The Bertz CT molecular complexity index is 347. The van der Waals surface area contributed by atoms with Gasteiger partial charge in [0.2, 0.25) is 10.1 Å². The molecule has 0 aromatic carbocycles. The van der Waals surface area contributed by atoms with E-state index in [2.05, 4.69) is 22.1 Å². The van der Waals surface area contributed by atoms with Crippen LogP contribution in [-0.4, -0.2) is 0 Å². The van der Waals surface area contributed by atoms with E-state index in [0.29, 0.717) is 0 Å². The van der Waals surface area contributed by atoms with Crippen LogP contribution in [-0.2, 0) is 0 Å². The summed E-state index contributed by atoms with van der Waals surface area (Å²) in [7, 11) is 3.41. The van der Waals surface area contributed by atoms with Crippen molar-refractivity contribution in [2.75, 3.05) is 0 Å². The first-order valence-electron chi connectivity index (χ1n) is 4.23. The van der Waals surface area contributed by atoms with Gasteiger partial charge >= 0.3 is 0 Å². The number of hydrogen-bond donors (Lipinski definition) is 0. The summed E-state index contributed by atoms with van der Waals surface area (Å²) in [5, 5.41) is 2.30. The van der Waals surface area contributed by atoms with E-state index in [0.717, 1.165) is 10.1 Å². The molecule has 2 N–H and O–H groups in total. The number of nitrogens with one attached hydrogen (secondary N) is 2. The van der Waals surface area contributed by atoms with Crippen LogP contribution < -0.4 is 34.8 Å². The summed E-state index contributed by atoms with van der Waals surface area (Å²) in [6, 6.07) is 12.1. The Morgan fingerprint density at radius 2 is 1.12 bits per heavy atom. The average Bonchev–Trinajstić information content (AvgIpc) is 2.29. The van der Waals surface area contributed by atoms with Crippen molar-refractivity contribution >= 4 is 21.6 Å². The minimum atomic E-state index is 0. The van der Waals surface area contributed by atoms with Gasteiger partial charge in [-0.25, -0.2) is 9.97 Å². The van der Waals surface area contributed by atoms with Gasteiger partial charge in [-0.3, -0.25) is 0 Å². The molecule has 2 aromatic rings. The molecule has 0 saturated heterocycles. The van der Waals surface area contributed by atoms with Gasteiger partial charge in [0.25, 0.3) is 0 Å². The van der Waals surface area contributed by atoms with Crippen molar-refractivity contribution in [1.29, 1.82) is 0 Å². The molecule has 0 fully saturated rings. The van der Waals surface area contributed by atoms with Gasteiger partial charge in [-0.2, -0.15) is 0 Å². The highest BCUT2D eigenvalue weighted by Gasteiger charge is 2.05. The minimum Gasteiger partial charge on any atom is -1.00 e. The van der Waals surface area contributed by atoms with Gasteiger partial charge < -0.3 is 24.8 Å². The quantitative estimate of drug-likeness (QED) is 0.542. The topological polar surface area (TPSA) is 28.3 Å². The van der Waals surface area contributed by atoms with Gasteiger partial charge in [-0.15, -0.1) is 0 Å². The molecule has 0 saturated carbocycles. The summed E-state index contributed by atoms with van der Waals surface area (Å²) >= 11 is 0. The molecular weight excluding hydrogens is 283 g/mol. The summed E-state index contributed by atoms with van der Waals surface area (Å²) < 4.78 is 0. The third-order valence-electron chi connectivity index (χ3n) is 1.58. The fourth-order valence-corrected chi connectivity index (χ4v) is 2.79. The van der Waals surface area contributed by atoms with Crippen LogP contribution in [0.2, 0.25) is 0 Å². The fraction of sp³-hybridized carbons (Fsp3) is 0. The van der Waals surface area contributed by atoms with Crippen LogP contribution in [0, 0.1) is 0 Å². The second kappa shape index (κ2) is 8.70. The van der Waals surface area contributed by atoms with Crippen LogP contribution in [0.3, 0.4) is 0 Å². The first-order chi connectivity index (χ1) is 6.95. The molecular formula is C10H10Cl2N2S2. The predicted octanol–water partition coefficient (Wildman–Crippen LogP) is -3.88. The van der Waals surface area contributed by atoms with Crippen molar-refractivity contribution in [1.82, 2.24) is 0 Å². The van der Waals surface area contributed by atoms with Crippen LogP contribution in [0.1, 0.15) is 0 Å². The summed E-state index contributed by atoms with van der Waals surface area (Å²) in [6.07, 6.45) is 3.86. The lowest BCUT2D eigenvalue weighted by atomic mass is 10.5. The molecule has 0 unspecified atom stereocenters. The van der Waals surface area contributed by atoms with E-state index in [1.54, 1.807) is 21.6 Å². The Hall–Kier alpha value is -0.420. The third-order valence-corrected chi connectivity index (χ3v) is 3.86. The summed E-state index contributed by atoms with van der Waals surface area (Å²) in [4.78, 5) is 6.33. The first-order valence-corrected chi connectivity index (χ1v) is 6.38. The van der Waals surface area contributed by atoms with E-state index in [-0.39, 0.29) is 24.8 Å². The molecule has 0 atom stereocenters. The van der Waals surface area contributed by atoms with Gasteiger partial charge in [0.1, 0.15) is 0 Å². The molecule has 0 bridgehead atoms. The molecule has 0 aliphatic rings. The van der Waals surface area contributed by atoms with Crippen molar-refractivity contribution < 1.29 is 34.8 Å². The summed E-state index contributed by atoms with van der Waals surface area (Å²) in [5.74, 6) is 0. The second-order valence-electron chi connectivity index (χ2n) is 2.62. The Morgan fingerprint density at radius 1 is 0.688 bits per heavy atom. The average molecular weight is 293 g/mol. The maximum Gasteiger partial charge on any atom is 0.249 e. The SMILES string of the molecule is [Cl-].[Cl-].c1ccc(SSc2cccc[nH+]2)[nH+]c1. The third kappa shape index (κ3) is 5.07.